The lowest BCUT2D eigenvalue weighted by atomic mass is 10.1. The van der Waals surface area contributed by atoms with Gasteiger partial charge in [-0.25, -0.2) is 0 Å². The number of carbonyl (C=O) groups excluding carboxylic acids is 1. The van der Waals surface area contributed by atoms with E-state index >= 15 is 0 Å². The van der Waals surface area contributed by atoms with E-state index in [-0.39, 0.29) is 5.91 Å². The number of nitrogens with one attached hydrogen (secondary N) is 2. The van der Waals surface area contributed by atoms with Gasteiger partial charge in [-0.15, -0.1) is 0 Å². The van der Waals surface area contributed by atoms with Gasteiger partial charge in [0.15, 0.2) is 0 Å². The third-order valence-corrected chi connectivity index (χ3v) is 4.06. The second-order valence-electron chi connectivity index (χ2n) is 6.01. The molecule has 2 rings (SSSR count). The fourth-order valence-electron chi connectivity index (χ4n) is 2.64. The minimum absolute atomic E-state index is 0.0480. The summed E-state index contributed by atoms with van der Waals surface area (Å²) >= 11 is 0. The molecule has 0 spiro atoms. The van der Waals surface area contributed by atoms with E-state index in [1.807, 2.05) is 19.1 Å². The van der Waals surface area contributed by atoms with E-state index < -0.39 is 0 Å². The van der Waals surface area contributed by atoms with E-state index in [1.165, 1.54) is 16.7 Å². The topological polar surface area (TPSA) is 41.1 Å². The molecule has 0 aromatic heterocycles. The highest BCUT2D eigenvalue weighted by atomic mass is 16.1. The molecule has 2 aromatic carbocycles. The van der Waals surface area contributed by atoms with Crippen LogP contribution in [0.4, 0.5) is 11.4 Å². The maximum absolute atomic E-state index is 12.2. The minimum Gasteiger partial charge on any atom is -0.384 e. The normalized spacial score (nSPS) is 10.4. The molecule has 0 unspecified atom stereocenters. The predicted octanol–water partition coefficient (Wildman–Crippen LogP) is 4.61. The van der Waals surface area contributed by atoms with Crippen LogP contribution >= 0.6 is 0 Å². The molecule has 0 atom stereocenters. The van der Waals surface area contributed by atoms with E-state index in [0.717, 1.165) is 23.4 Å². The zero-order valence-electron chi connectivity index (χ0n) is 14.5. The third kappa shape index (κ3) is 4.59. The molecule has 0 saturated carbocycles. The Balaban J connectivity index is 1.92. The van der Waals surface area contributed by atoms with Crippen LogP contribution in [0.15, 0.2) is 36.4 Å². The Labute approximate surface area is 139 Å². The zero-order valence-corrected chi connectivity index (χ0v) is 14.5. The number of aryl methyl sites for hydroxylation is 4. The van der Waals surface area contributed by atoms with Crippen LogP contribution in [-0.4, -0.2) is 12.5 Å². The molecule has 0 saturated heterocycles. The smallest absolute Gasteiger partial charge is 0.226 e. The molecule has 0 aliphatic heterocycles. The number of carbonyl (C=O) groups is 1. The van der Waals surface area contributed by atoms with Crippen LogP contribution in [0.3, 0.4) is 0 Å². The molecule has 122 valence electrons. The largest absolute Gasteiger partial charge is 0.384 e. The Hall–Kier alpha value is -2.29. The van der Waals surface area contributed by atoms with Crippen LogP contribution in [-0.2, 0) is 11.2 Å². The van der Waals surface area contributed by atoms with Crippen LogP contribution in [0, 0.1) is 20.8 Å². The predicted molar refractivity (Wildman–Crippen MR) is 98.2 cm³/mol. The van der Waals surface area contributed by atoms with Crippen LogP contribution in [0.5, 0.6) is 0 Å². The summed E-state index contributed by atoms with van der Waals surface area (Å²) in [5.41, 5.74) is 6.77. The summed E-state index contributed by atoms with van der Waals surface area (Å²) in [4.78, 5) is 12.2. The Bertz CT molecular complexity index is 692. The monoisotopic (exact) mass is 310 g/mol. The Morgan fingerprint density at radius 1 is 1.04 bits per heavy atom. The van der Waals surface area contributed by atoms with Crippen molar-refractivity contribution in [1.29, 1.82) is 0 Å². The van der Waals surface area contributed by atoms with Crippen molar-refractivity contribution >= 4 is 17.3 Å². The van der Waals surface area contributed by atoms with Crippen molar-refractivity contribution < 1.29 is 4.79 Å². The average Bonchev–Trinajstić information content (AvgIpc) is 2.52. The highest BCUT2D eigenvalue weighted by Gasteiger charge is 2.08. The van der Waals surface area contributed by atoms with Gasteiger partial charge >= 0.3 is 0 Å². The van der Waals surface area contributed by atoms with Crippen molar-refractivity contribution in [1.82, 2.24) is 0 Å². The van der Waals surface area contributed by atoms with Crippen molar-refractivity contribution in [2.45, 2.75) is 40.5 Å². The number of hydrogen-bond acceptors (Lipinski definition) is 2. The molecule has 2 aromatic rings. The summed E-state index contributed by atoms with van der Waals surface area (Å²) in [6.07, 6.45) is 1.36. The van der Waals surface area contributed by atoms with Crippen LogP contribution in [0.1, 0.15) is 35.6 Å². The van der Waals surface area contributed by atoms with Crippen LogP contribution in [0.2, 0.25) is 0 Å². The Morgan fingerprint density at radius 2 is 1.83 bits per heavy atom. The molecule has 3 nitrogen and oxygen atoms in total. The van der Waals surface area contributed by atoms with Crippen molar-refractivity contribution in [3.8, 4) is 0 Å². The quantitative estimate of drug-likeness (QED) is 0.817. The molecular weight excluding hydrogens is 284 g/mol. The van der Waals surface area contributed by atoms with E-state index in [4.69, 9.17) is 0 Å². The van der Waals surface area contributed by atoms with Gasteiger partial charge in [0.05, 0.1) is 0 Å². The molecule has 0 aliphatic rings. The molecule has 2 N–H and O–H groups in total. The van der Waals surface area contributed by atoms with Gasteiger partial charge in [0.25, 0.3) is 0 Å². The molecule has 23 heavy (non-hydrogen) atoms. The maximum atomic E-state index is 12.2. The van der Waals surface area contributed by atoms with Crippen LogP contribution < -0.4 is 10.6 Å². The first-order valence-electron chi connectivity index (χ1n) is 8.20. The number of anilines is 2. The number of benzene rings is 2. The molecule has 0 aliphatic carbocycles. The second-order valence-corrected chi connectivity index (χ2v) is 6.01. The second kappa shape index (κ2) is 7.82. The third-order valence-electron chi connectivity index (χ3n) is 4.06. The molecule has 1 amide bonds. The maximum Gasteiger partial charge on any atom is 0.226 e. The summed E-state index contributed by atoms with van der Waals surface area (Å²) in [6, 6.07) is 12.4. The average molecular weight is 310 g/mol. The molecule has 0 bridgehead atoms. The van der Waals surface area contributed by atoms with Gasteiger partial charge in [0.1, 0.15) is 0 Å². The highest BCUT2D eigenvalue weighted by Crippen LogP contribution is 2.21. The van der Waals surface area contributed by atoms with Gasteiger partial charge in [0.2, 0.25) is 5.91 Å². The fourth-order valence-corrected chi connectivity index (χ4v) is 2.64. The van der Waals surface area contributed by atoms with Crippen molar-refractivity contribution in [2.75, 3.05) is 17.2 Å². The van der Waals surface area contributed by atoms with Crippen molar-refractivity contribution in [2.24, 2.45) is 0 Å². The summed E-state index contributed by atoms with van der Waals surface area (Å²) < 4.78 is 0. The lowest BCUT2D eigenvalue weighted by molar-refractivity contribution is -0.115. The first-order chi connectivity index (χ1) is 11.0. The molecule has 3 heteroatoms. The van der Waals surface area contributed by atoms with Gasteiger partial charge < -0.3 is 10.6 Å². The lowest BCUT2D eigenvalue weighted by Gasteiger charge is -2.14. The first-order valence-corrected chi connectivity index (χ1v) is 8.20. The van der Waals surface area contributed by atoms with E-state index in [0.29, 0.717) is 13.0 Å². The summed E-state index contributed by atoms with van der Waals surface area (Å²) in [5.74, 6) is 0.0480. The van der Waals surface area contributed by atoms with Gasteiger partial charge in [0, 0.05) is 24.3 Å². The number of para-hydroxylation sites is 1. The van der Waals surface area contributed by atoms with Gasteiger partial charge in [-0.05, 0) is 55.5 Å². The summed E-state index contributed by atoms with van der Waals surface area (Å²) in [6.45, 7) is 8.91. The van der Waals surface area contributed by atoms with Gasteiger partial charge in [-0.2, -0.15) is 0 Å². The van der Waals surface area contributed by atoms with Gasteiger partial charge in [-0.1, -0.05) is 37.3 Å². The number of hydrogen-bond donors (Lipinski definition) is 2. The Morgan fingerprint density at radius 3 is 2.57 bits per heavy atom. The molecule has 0 heterocycles. The molecule has 0 fully saturated rings. The summed E-state index contributed by atoms with van der Waals surface area (Å²) in [5, 5.41) is 6.42. The standard InChI is InChI=1S/C20H26N2O/c1-5-17-8-6-7-16(4)20(17)22-19(23)11-12-21-18-13-14(2)9-10-15(18)3/h6-10,13,21H,5,11-12H2,1-4H3,(H,22,23). The summed E-state index contributed by atoms with van der Waals surface area (Å²) in [7, 11) is 0. The fraction of sp³-hybridized carbons (Fsp3) is 0.350. The van der Waals surface area contributed by atoms with Gasteiger partial charge in [-0.3, -0.25) is 4.79 Å². The van der Waals surface area contributed by atoms with E-state index in [2.05, 4.69) is 55.7 Å². The van der Waals surface area contributed by atoms with Crippen molar-refractivity contribution in [3.05, 3.63) is 58.7 Å². The Kier molecular flexibility index (Phi) is 5.80. The van der Waals surface area contributed by atoms with E-state index in [9.17, 15) is 4.79 Å². The lowest BCUT2D eigenvalue weighted by Crippen LogP contribution is -2.18. The van der Waals surface area contributed by atoms with Crippen molar-refractivity contribution in [3.63, 3.8) is 0 Å². The van der Waals surface area contributed by atoms with Crippen LogP contribution in [0.25, 0.3) is 0 Å². The first kappa shape index (κ1) is 17.1. The minimum atomic E-state index is 0.0480. The SMILES string of the molecule is CCc1cccc(C)c1NC(=O)CCNc1cc(C)ccc1C. The van der Waals surface area contributed by atoms with E-state index in [1.54, 1.807) is 0 Å². The molecule has 0 radical (unpaired) electrons. The zero-order chi connectivity index (χ0) is 16.8. The number of rotatable bonds is 6. The number of amides is 1. The molecular formula is C20H26N2O. The highest BCUT2D eigenvalue weighted by molar-refractivity contribution is 5.92.